The van der Waals surface area contributed by atoms with Gasteiger partial charge in [0.25, 0.3) is 0 Å². The average Bonchev–Trinajstić information content (AvgIpc) is 2.39. The van der Waals surface area contributed by atoms with Crippen LogP contribution in [0.15, 0.2) is 42.5 Å². The maximum absolute atomic E-state index is 12.2. The van der Waals surface area contributed by atoms with Crippen LogP contribution in [0, 0.1) is 20.8 Å². The van der Waals surface area contributed by atoms with Crippen molar-refractivity contribution in [2.24, 2.45) is 0 Å². The first-order valence-corrected chi connectivity index (χ1v) is 6.47. The molecule has 0 amide bonds. The molecule has 2 rings (SSSR count). The molecule has 1 N–H and O–H groups in total. The Hall–Kier alpha value is -2.09. The van der Waals surface area contributed by atoms with Gasteiger partial charge in [-0.25, -0.2) is 0 Å². The molecule has 2 nitrogen and oxygen atoms in total. The van der Waals surface area contributed by atoms with Gasteiger partial charge < -0.3 is 5.32 Å². The van der Waals surface area contributed by atoms with E-state index in [4.69, 9.17) is 0 Å². The molecule has 0 spiro atoms. The molecule has 0 aliphatic carbocycles. The van der Waals surface area contributed by atoms with E-state index in [0.717, 1.165) is 22.4 Å². The molecule has 0 saturated carbocycles. The summed E-state index contributed by atoms with van der Waals surface area (Å²) in [7, 11) is 0. The van der Waals surface area contributed by atoms with E-state index in [1.807, 2.05) is 63.2 Å². The van der Waals surface area contributed by atoms with Gasteiger partial charge in [0.1, 0.15) is 0 Å². The van der Waals surface area contributed by atoms with Crippen LogP contribution in [0.25, 0.3) is 0 Å². The summed E-state index contributed by atoms with van der Waals surface area (Å²) in [6.45, 7) is 6.34. The normalized spacial score (nSPS) is 10.3. The van der Waals surface area contributed by atoms with Crippen LogP contribution < -0.4 is 5.32 Å². The summed E-state index contributed by atoms with van der Waals surface area (Å²) in [5, 5.41) is 3.18. The Balaban J connectivity index is 2.07. The number of anilines is 1. The van der Waals surface area contributed by atoms with Crippen molar-refractivity contribution in [3.8, 4) is 0 Å². The highest BCUT2D eigenvalue weighted by Gasteiger charge is 2.08. The quantitative estimate of drug-likeness (QED) is 0.837. The first-order chi connectivity index (χ1) is 9.06. The van der Waals surface area contributed by atoms with Gasteiger partial charge in [-0.1, -0.05) is 29.8 Å². The zero-order valence-corrected chi connectivity index (χ0v) is 11.7. The van der Waals surface area contributed by atoms with Gasteiger partial charge in [-0.2, -0.15) is 0 Å². The lowest BCUT2D eigenvalue weighted by molar-refractivity contribution is 0.101. The second kappa shape index (κ2) is 5.70. The van der Waals surface area contributed by atoms with E-state index in [2.05, 4.69) is 5.32 Å². The van der Waals surface area contributed by atoms with Crippen LogP contribution in [-0.4, -0.2) is 12.3 Å². The number of hydrogen-bond donors (Lipinski definition) is 1. The maximum Gasteiger partial charge on any atom is 0.182 e. The molecule has 0 radical (unpaired) electrons. The molecule has 0 atom stereocenters. The molecule has 2 heteroatoms. The molecule has 0 saturated heterocycles. The molecular weight excluding hydrogens is 234 g/mol. The summed E-state index contributed by atoms with van der Waals surface area (Å²) in [6, 6.07) is 14.0. The third-order valence-corrected chi connectivity index (χ3v) is 3.16. The summed E-state index contributed by atoms with van der Waals surface area (Å²) in [4.78, 5) is 12.2. The lowest BCUT2D eigenvalue weighted by Crippen LogP contribution is -2.15. The van der Waals surface area contributed by atoms with Gasteiger partial charge in [0, 0.05) is 11.3 Å². The molecule has 19 heavy (non-hydrogen) atoms. The third kappa shape index (κ3) is 3.44. The fourth-order valence-electron chi connectivity index (χ4n) is 2.07. The fraction of sp³-hybridized carbons (Fsp3) is 0.235. The molecule has 0 bridgehead atoms. The number of aryl methyl sites for hydroxylation is 3. The Morgan fingerprint density at radius 3 is 2.47 bits per heavy atom. The van der Waals surface area contributed by atoms with E-state index in [1.54, 1.807) is 0 Å². The molecule has 0 fully saturated rings. The zero-order chi connectivity index (χ0) is 13.8. The molecule has 0 unspecified atom stereocenters. The van der Waals surface area contributed by atoms with E-state index in [0.29, 0.717) is 6.54 Å². The van der Waals surface area contributed by atoms with Crippen molar-refractivity contribution in [2.45, 2.75) is 20.8 Å². The minimum atomic E-state index is 0.128. The molecular formula is C17H19NO. The average molecular weight is 253 g/mol. The Morgan fingerprint density at radius 1 is 1.00 bits per heavy atom. The second-order valence-electron chi connectivity index (χ2n) is 4.96. The first kappa shape index (κ1) is 13.3. The van der Waals surface area contributed by atoms with Crippen molar-refractivity contribution in [3.63, 3.8) is 0 Å². The van der Waals surface area contributed by atoms with Gasteiger partial charge in [0.05, 0.1) is 6.54 Å². The molecule has 0 aliphatic rings. The van der Waals surface area contributed by atoms with Crippen LogP contribution in [0.2, 0.25) is 0 Å². The highest BCUT2D eigenvalue weighted by atomic mass is 16.1. The summed E-state index contributed by atoms with van der Waals surface area (Å²) >= 11 is 0. The van der Waals surface area contributed by atoms with Crippen LogP contribution >= 0.6 is 0 Å². The van der Waals surface area contributed by atoms with Crippen molar-refractivity contribution in [3.05, 3.63) is 64.7 Å². The molecule has 98 valence electrons. The van der Waals surface area contributed by atoms with Crippen molar-refractivity contribution < 1.29 is 4.79 Å². The van der Waals surface area contributed by atoms with E-state index in [-0.39, 0.29) is 5.78 Å². The number of Topliss-reactive ketones (excluding diaryl/α,β-unsaturated/α-hetero) is 1. The Bertz CT molecular complexity index is 602. The highest BCUT2D eigenvalue weighted by Crippen LogP contribution is 2.13. The minimum Gasteiger partial charge on any atom is -0.378 e. The number of nitrogens with one attached hydrogen (secondary N) is 1. The fourth-order valence-corrected chi connectivity index (χ4v) is 2.07. The topological polar surface area (TPSA) is 29.1 Å². The minimum absolute atomic E-state index is 0.128. The smallest absolute Gasteiger partial charge is 0.182 e. The van der Waals surface area contributed by atoms with Crippen molar-refractivity contribution in [1.82, 2.24) is 0 Å². The van der Waals surface area contributed by atoms with Gasteiger partial charge in [-0.3, -0.25) is 4.79 Å². The SMILES string of the molecule is Cc1cccc(NCC(=O)c2cc(C)ccc2C)c1. The lowest BCUT2D eigenvalue weighted by Gasteiger charge is -2.09. The summed E-state index contributed by atoms with van der Waals surface area (Å²) in [5.41, 5.74) is 5.12. The Labute approximate surface area is 114 Å². The Morgan fingerprint density at radius 2 is 1.74 bits per heavy atom. The molecule has 2 aromatic rings. The van der Waals surface area contributed by atoms with E-state index < -0.39 is 0 Å². The lowest BCUT2D eigenvalue weighted by atomic mass is 10.0. The number of ketones is 1. The number of rotatable bonds is 4. The van der Waals surface area contributed by atoms with Crippen LogP contribution in [0.4, 0.5) is 5.69 Å². The van der Waals surface area contributed by atoms with Crippen LogP contribution in [0.5, 0.6) is 0 Å². The van der Waals surface area contributed by atoms with Gasteiger partial charge in [0.2, 0.25) is 0 Å². The first-order valence-electron chi connectivity index (χ1n) is 6.47. The monoisotopic (exact) mass is 253 g/mol. The van der Waals surface area contributed by atoms with Crippen LogP contribution in [-0.2, 0) is 0 Å². The number of hydrogen-bond acceptors (Lipinski definition) is 2. The zero-order valence-electron chi connectivity index (χ0n) is 11.7. The highest BCUT2D eigenvalue weighted by molar-refractivity contribution is 6.00. The molecule has 2 aromatic carbocycles. The molecule has 0 aromatic heterocycles. The largest absolute Gasteiger partial charge is 0.378 e. The maximum atomic E-state index is 12.2. The molecule has 0 aliphatic heterocycles. The van der Waals surface area contributed by atoms with Crippen molar-refractivity contribution in [2.75, 3.05) is 11.9 Å². The van der Waals surface area contributed by atoms with Crippen LogP contribution in [0.1, 0.15) is 27.0 Å². The number of carbonyl (C=O) groups excluding carboxylic acids is 1. The third-order valence-electron chi connectivity index (χ3n) is 3.16. The Kier molecular flexibility index (Phi) is 4.00. The van der Waals surface area contributed by atoms with Crippen LogP contribution in [0.3, 0.4) is 0 Å². The summed E-state index contributed by atoms with van der Waals surface area (Å²) in [5.74, 6) is 0.128. The van der Waals surface area contributed by atoms with Crippen molar-refractivity contribution in [1.29, 1.82) is 0 Å². The number of carbonyl (C=O) groups is 1. The molecule has 0 heterocycles. The standard InChI is InChI=1S/C17H19NO/c1-12-5-4-6-15(9-12)18-11-17(19)16-10-13(2)7-8-14(16)3/h4-10,18H,11H2,1-3H3. The predicted octanol–water partition coefficient (Wildman–Crippen LogP) is 3.91. The van der Waals surface area contributed by atoms with E-state index in [9.17, 15) is 4.79 Å². The van der Waals surface area contributed by atoms with Gasteiger partial charge in [-0.15, -0.1) is 0 Å². The summed E-state index contributed by atoms with van der Waals surface area (Å²) in [6.07, 6.45) is 0. The van der Waals surface area contributed by atoms with Gasteiger partial charge in [0.15, 0.2) is 5.78 Å². The number of benzene rings is 2. The van der Waals surface area contributed by atoms with Gasteiger partial charge in [-0.05, 0) is 50.1 Å². The predicted molar refractivity (Wildman–Crippen MR) is 79.9 cm³/mol. The van der Waals surface area contributed by atoms with Gasteiger partial charge >= 0.3 is 0 Å². The summed E-state index contributed by atoms with van der Waals surface area (Å²) < 4.78 is 0. The van der Waals surface area contributed by atoms with E-state index >= 15 is 0 Å². The van der Waals surface area contributed by atoms with Crippen molar-refractivity contribution >= 4 is 11.5 Å². The second-order valence-corrected chi connectivity index (χ2v) is 4.96. The van der Waals surface area contributed by atoms with E-state index in [1.165, 1.54) is 5.56 Å².